The highest BCUT2D eigenvalue weighted by Gasteiger charge is 2.23. The van der Waals surface area contributed by atoms with Crippen LogP contribution >= 0.6 is 0 Å². The average molecular weight is 413 g/mol. The van der Waals surface area contributed by atoms with E-state index in [4.69, 9.17) is 14.5 Å². The number of fused-ring (bicyclic) bond motifs is 1. The smallest absolute Gasteiger partial charge is 0.280 e. The third-order valence-corrected chi connectivity index (χ3v) is 5.63. The van der Waals surface area contributed by atoms with Crippen LogP contribution in [0.3, 0.4) is 0 Å². The van der Waals surface area contributed by atoms with E-state index < -0.39 is 0 Å². The number of nitrogens with zero attached hydrogens (tertiary/aromatic N) is 2. The summed E-state index contributed by atoms with van der Waals surface area (Å²) in [4.78, 5) is 18.5. The lowest BCUT2D eigenvalue weighted by atomic mass is 9.99. The van der Waals surface area contributed by atoms with Crippen LogP contribution < -0.4 is 10.3 Å². The summed E-state index contributed by atoms with van der Waals surface area (Å²) in [7, 11) is 1.62. The van der Waals surface area contributed by atoms with Crippen LogP contribution in [0.15, 0.2) is 65.5 Å². The number of methoxy groups -OCH3 is 1. The summed E-state index contributed by atoms with van der Waals surface area (Å²) in [5, 5.41) is 3.33. The summed E-state index contributed by atoms with van der Waals surface area (Å²) < 4.78 is 12.5. The lowest BCUT2D eigenvalue weighted by molar-refractivity contribution is 0.164. The summed E-state index contributed by atoms with van der Waals surface area (Å²) in [5.74, 6) is 0.744. The molecule has 1 aliphatic heterocycles. The fraction of sp³-hybridized carbons (Fsp3) is 0.200. The quantitative estimate of drug-likeness (QED) is 0.536. The van der Waals surface area contributed by atoms with Gasteiger partial charge in [0.25, 0.3) is 5.56 Å². The maximum atomic E-state index is 13.6. The first kappa shape index (κ1) is 19.3. The summed E-state index contributed by atoms with van der Waals surface area (Å²) in [5.41, 5.74) is 6.39. The topological polar surface area (TPSA) is 68.6 Å². The molecule has 0 bridgehead atoms. The largest absolute Gasteiger partial charge is 0.497 e. The van der Waals surface area contributed by atoms with E-state index in [0.29, 0.717) is 30.1 Å². The van der Waals surface area contributed by atoms with Crippen molar-refractivity contribution in [3.8, 4) is 28.1 Å². The van der Waals surface area contributed by atoms with Crippen molar-refractivity contribution in [1.82, 2.24) is 14.6 Å². The Hall–Kier alpha value is -3.64. The highest BCUT2D eigenvalue weighted by Crippen LogP contribution is 2.33. The van der Waals surface area contributed by atoms with Gasteiger partial charge in [0.15, 0.2) is 5.65 Å². The first-order valence-electron chi connectivity index (χ1n) is 10.3. The molecule has 1 N–H and O–H groups in total. The Morgan fingerprint density at radius 3 is 2.48 bits per heavy atom. The van der Waals surface area contributed by atoms with Gasteiger partial charge in [-0.2, -0.15) is 4.52 Å². The van der Waals surface area contributed by atoms with Crippen molar-refractivity contribution < 1.29 is 9.47 Å². The molecule has 0 saturated heterocycles. The van der Waals surface area contributed by atoms with Gasteiger partial charge in [-0.3, -0.25) is 9.89 Å². The van der Waals surface area contributed by atoms with Gasteiger partial charge < -0.3 is 9.47 Å². The van der Waals surface area contributed by atoms with Gasteiger partial charge in [0.05, 0.1) is 42.8 Å². The minimum Gasteiger partial charge on any atom is -0.497 e. The van der Waals surface area contributed by atoms with Crippen LogP contribution in [-0.2, 0) is 4.74 Å². The Labute approximate surface area is 179 Å². The minimum atomic E-state index is -0.131. The second-order valence-corrected chi connectivity index (χ2v) is 7.56. The van der Waals surface area contributed by atoms with Gasteiger partial charge in [0, 0.05) is 5.56 Å². The van der Waals surface area contributed by atoms with Crippen molar-refractivity contribution in [1.29, 1.82) is 0 Å². The lowest BCUT2D eigenvalue weighted by Crippen LogP contribution is -2.19. The Balaban J connectivity index is 1.78. The number of aromatic nitrogens is 3. The van der Waals surface area contributed by atoms with Crippen LogP contribution in [0.4, 0.5) is 0 Å². The Morgan fingerprint density at radius 1 is 1.03 bits per heavy atom. The molecule has 6 heteroatoms. The normalized spacial score (nSPS) is 13.9. The molecule has 2 aromatic carbocycles. The van der Waals surface area contributed by atoms with Crippen molar-refractivity contribution in [2.75, 3.05) is 20.3 Å². The maximum absolute atomic E-state index is 13.6. The van der Waals surface area contributed by atoms with Gasteiger partial charge in [0.1, 0.15) is 5.75 Å². The second-order valence-electron chi connectivity index (χ2n) is 7.56. The van der Waals surface area contributed by atoms with Crippen molar-refractivity contribution in [2.45, 2.75) is 13.3 Å². The van der Waals surface area contributed by atoms with Crippen molar-refractivity contribution >= 4 is 11.2 Å². The zero-order chi connectivity index (χ0) is 21.4. The molecule has 0 amide bonds. The average Bonchev–Trinajstić information content (AvgIpc) is 3.20. The van der Waals surface area contributed by atoms with Crippen LogP contribution in [0, 0.1) is 6.92 Å². The van der Waals surface area contributed by atoms with E-state index in [1.165, 1.54) is 0 Å². The molecule has 31 heavy (non-hydrogen) atoms. The number of rotatable bonds is 4. The second kappa shape index (κ2) is 7.89. The molecule has 6 nitrogen and oxygen atoms in total. The van der Waals surface area contributed by atoms with E-state index in [0.717, 1.165) is 40.1 Å². The SMILES string of the molecule is COc1ccc(-c2c(C)nc3c(C4=CCCOC4)c(-c4ccccc4)[nH]n3c2=O)cc1. The number of nitrogens with one attached hydrogen (secondary N) is 1. The van der Waals surface area contributed by atoms with Gasteiger partial charge in [-0.25, -0.2) is 4.98 Å². The molecule has 0 unspecified atom stereocenters. The van der Waals surface area contributed by atoms with E-state index in [1.807, 2.05) is 61.5 Å². The maximum Gasteiger partial charge on any atom is 0.280 e. The molecule has 0 fully saturated rings. The monoisotopic (exact) mass is 413 g/mol. The predicted molar refractivity (Wildman–Crippen MR) is 121 cm³/mol. The standard InChI is InChI=1S/C25H23N3O3/c1-16-21(17-10-12-20(30-2)13-11-17)25(29)28-24(26-16)22(19-9-6-14-31-15-19)23(27-28)18-7-4-3-5-8-18/h3-5,7-13,27H,6,14-15H2,1-2H3. The molecule has 0 spiro atoms. The summed E-state index contributed by atoms with van der Waals surface area (Å²) in [6, 6.07) is 17.5. The molecular formula is C25H23N3O3. The van der Waals surface area contributed by atoms with E-state index in [2.05, 4.69) is 11.2 Å². The van der Waals surface area contributed by atoms with Crippen molar-refractivity contribution in [3.05, 3.63) is 82.3 Å². The molecule has 1 aliphatic rings. The summed E-state index contributed by atoms with van der Waals surface area (Å²) in [6.45, 7) is 3.09. The van der Waals surface area contributed by atoms with Crippen molar-refractivity contribution in [2.24, 2.45) is 0 Å². The van der Waals surface area contributed by atoms with Crippen LogP contribution in [0.25, 0.3) is 33.6 Å². The van der Waals surface area contributed by atoms with Gasteiger partial charge in [0.2, 0.25) is 0 Å². The Morgan fingerprint density at radius 2 is 1.81 bits per heavy atom. The minimum absolute atomic E-state index is 0.131. The number of H-pyrrole nitrogens is 1. The molecular weight excluding hydrogens is 390 g/mol. The Kier molecular flexibility index (Phi) is 4.92. The molecule has 3 heterocycles. The molecule has 0 saturated carbocycles. The van der Waals surface area contributed by atoms with E-state index in [-0.39, 0.29) is 5.56 Å². The third kappa shape index (κ3) is 3.35. The first-order valence-corrected chi connectivity index (χ1v) is 10.3. The van der Waals surface area contributed by atoms with Crippen LogP contribution in [0.5, 0.6) is 5.75 Å². The van der Waals surface area contributed by atoms with Crippen LogP contribution in [0.2, 0.25) is 0 Å². The zero-order valence-corrected chi connectivity index (χ0v) is 17.5. The number of aromatic amines is 1. The highest BCUT2D eigenvalue weighted by atomic mass is 16.5. The Bertz CT molecular complexity index is 1330. The lowest BCUT2D eigenvalue weighted by Gasteiger charge is -2.14. The van der Waals surface area contributed by atoms with Gasteiger partial charge in [-0.15, -0.1) is 0 Å². The molecule has 2 aromatic heterocycles. The van der Waals surface area contributed by atoms with E-state index in [9.17, 15) is 4.79 Å². The molecule has 4 aromatic rings. The molecule has 0 atom stereocenters. The number of hydrogen-bond acceptors (Lipinski definition) is 4. The molecule has 156 valence electrons. The predicted octanol–water partition coefficient (Wildman–Crippen LogP) is 4.48. The number of hydrogen-bond donors (Lipinski definition) is 1. The van der Waals surface area contributed by atoms with Gasteiger partial charge in [-0.1, -0.05) is 48.5 Å². The third-order valence-electron chi connectivity index (χ3n) is 5.63. The number of benzene rings is 2. The molecule has 5 rings (SSSR count). The van der Waals surface area contributed by atoms with E-state index >= 15 is 0 Å². The fourth-order valence-electron chi connectivity index (χ4n) is 4.12. The summed E-state index contributed by atoms with van der Waals surface area (Å²) >= 11 is 0. The van der Waals surface area contributed by atoms with Gasteiger partial charge >= 0.3 is 0 Å². The highest BCUT2D eigenvalue weighted by molar-refractivity contribution is 5.88. The van der Waals surface area contributed by atoms with Crippen LogP contribution in [0.1, 0.15) is 17.7 Å². The first-order chi connectivity index (χ1) is 15.2. The van der Waals surface area contributed by atoms with Crippen LogP contribution in [-0.4, -0.2) is 34.9 Å². The zero-order valence-electron chi connectivity index (χ0n) is 17.5. The molecule has 0 aliphatic carbocycles. The fourth-order valence-corrected chi connectivity index (χ4v) is 4.12. The van der Waals surface area contributed by atoms with Gasteiger partial charge in [-0.05, 0) is 36.6 Å². The molecule has 0 radical (unpaired) electrons. The number of ether oxygens (including phenoxy) is 2. The van der Waals surface area contributed by atoms with E-state index in [1.54, 1.807) is 11.6 Å². The van der Waals surface area contributed by atoms with Crippen molar-refractivity contribution in [3.63, 3.8) is 0 Å². The summed E-state index contributed by atoms with van der Waals surface area (Å²) in [6.07, 6.45) is 3.02. The number of aryl methyl sites for hydroxylation is 1.